The molecule has 0 spiro atoms. The van der Waals surface area contributed by atoms with Crippen molar-refractivity contribution >= 4 is 34.5 Å². The zero-order valence-electron chi connectivity index (χ0n) is 11.5. The summed E-state index contributed by atoms with van der Waals surface area (Å²) in [5, 5.41) is 11.5. The summed E-state index contributed by atoms with van der Waals surface area (Å²) in [4.78, 5) is 15.0. The molecule has 108 valence electrons. The molecule has 2 aromatic rings. The van der Waals surface area contributed by atoms with E-state index in [2.05, 4.69) is 5.32 Å². The van der Waals surface area contributed by atoms with Crippen molar-refractivity contribution in [3.8, 4) is 6.07 Å². The van der Waals surface area contributed by atoms with Gasteiger partial charge in [-0.1, -0.05) is 11.6 Å². The average molecular weight is 320 g/mol. The maximum atomic E-state index is 11.9. The summed E-state index contributed by atoms with van der Waals surface area (Å²) >= 11 is 7.39. The Hall–Kier alpha value is -1.87. The van der Waals surface area contributed by atoms with E-state index in [0.29, 0.717) is 17.8 Å². The van der Waals surface area contributed by atoms with E-state index in [1.807, 2.05) is 30.1 Å². The molecule has 21 heavy (non-hydrogen) atoms. The normalized spacial score (nSPS) is 10.4. The highest BCUT2D eigenvalue weighted by Gasteiger charge is 2.09. The maximum Gasteiger partial charge on any atom is 0.238 e. The van der Waals surface area contributed by atoms with Crippen molar-refractivity contribution in [1.82, 2.24) is 4.90 Å². The number of carbonyl (C=O) groups is 1. The largest absolute Gasteiger partial charge is 0.325 e. The van der Waals surface area contributed by atoms with E-state index in [-0.39, 0.29) is 12.5 Å². The number of amides is 1. The van der Waals surface area contributed by atoms with Crippen LogP contribution in [0.4, 0.5) is 5.69 Å². The Kier molecular flexibility index (Phi) is 5.34. The number of nitrogens with zero attached hydrogens (tertiary/aromatic N) is 2. The Morgan fingerprint density at radius 2 is 2.05 bits per heavy atom. The summed E-state index contributed by atoms with van der Waals surface area (Å²) in [6.07, 6.45) is 0. The predicted octanol–water partition coefficient (Wildman–Crippen LogP) is 3.34. The van der Waals surface area contributed by atoms with E-state index in [4.69, 9.17) is 16.9 Å². The minimum atomic E-state index is -0.0927. The number of thiophene rings is 1. The van der Waals surface area contributed by atoms with Gasteiger partial charge in [-0.2, -0.15) is 5.26 Å². The van der Waals surface area contributed by atoms with Gasteiger partial charge in [0.05, 0.1) is 22.5 Å². The molecule has 6 heteroatoms. The molecule has 2 rings (SSSR count). The van der Waals surface area contributed by atoms with Crippen LogP contribution < -0.4 is 5.32 Å². The second-order valence-corrected chi connectivity index (χ2v) is 6.42. The summed E-state index contributed by atoms with van der Waals surface area (Å²) in [7, 11) is 1.88. The SMILES string of the molecule is CN(CC(=O)Nc1ccc(C#N)cc1)Cc1ccc(Cl)s1. The fourth-order valence-corrected chi connectivity index (χ4v) is 3.00. The first-order valence-corrected chi connectivity index (χ1v) is 7.49. The lowest BCUT2D eigenvalue weighted by Gasteiger charge is -2.15. The molecular formula is C15H14ClN3OS. The van der Waals surface area contributed by atoms with Gasteiger partial charge in [0.25, 0.3) is 0 Å². The molecule has 1 aromatic heterocycles. The Morgan fingerprint density at radius 1 is 1.33 bits per heavy atom. The lowest BCUT2D eigenvalue weighted by atomic mass is 10.2. The number of nitrogens with one attached hydrogen (secondary N) is 1. The van der Waals surface area contributed by atoms with Gasteiger partial charge in [0.15, 0.2) is 0 Å². The van der Waals surface area contributed by atoms with Crippen LogP contribution in [0.5, 0.6) is 0 Å². The maximum absolute atomic E-state index is 11.9. The van der Waals surface area contributed by atoms with Gasteiger partial charge in [-0.15, -0.1) is 11.3 Å². The molecule has 0 radical (unpaired) electrons. The molecule has 0 unspecified atom stereocenters. The van der Waals surface area contributed by atoms with Crippen LogP contribution in [0.15, 0.2) is 36.4 Å². The van der Waals surface area contributed by atoms with Crippen LogP contribution in [0.2, 0.25) is 4.34 Å². The Labute approximate surface area is 132 Å². The molecule has 0 atom stereocenters. The number of nitriles is 1. The van der Waals surface area contributed by atoms with E-state index >= 15 is 0 Å². The van der Waals surface area contributed by atoms with Gasteiger partial charge < -0.3 is 5.32 Å². The summed E-state index contributed by atoms with van der Waals surface area (Å²) in [6.45, 7) is 0.966. The van der Waals surface area contributed by atoms with Gasteiger partial charge in [-0.3, -0.25) is 9.69 Å². The number of halogens is 1. The molecule has 1 heterocycles. The third-order valence-electron chi connectivity index (χ3n) is 2.77. The summed E-state index contributed by atoms with van der Waals surface area (Å²) in [6, 6.07) is 12.6. The van der Waals surface area contributed by atoms with Crippen molar-refractivity contribution in [3.05, 3.63) is 51.2 Å². The van der Waals surface area contributed by atoms with E-state index in [1.54, 1.807) is 24.3 Å². The number of hydrogen-bond acceptors (Lipinski definition) is 4. The first-order valence-electron chi connectivity index (χ1n) is 6.29. The molecule has 1 aromatic carbocycles. The highest BCUT2D eigenvalue weighted by atomic mass is 35.5. The fourth-order valence-electron chi connectivity index (χ4n) is 1.83. The zero-order chi connectivity index (χ0) is 15.2. The first kappa shape index (κ1) is 15.5. The van der Waals surface area contributed by atoms with Crippen molar-refractivity contribution < 1.29 is 4.79 Å². The van der Waals surface area contributed by atoms with Gasteiger partial charge in [0, 0.05) is 17.1 Å². The highest BCUT2D eigenvalue weighted by molar-refractivity contribution is 7.16. The number of rotatable bonds is 5. The van der Waals surface area contributed by atoms with Crippen LogP contribution in [0.1, 0.15) is 10.4 Å². The molecule has 4 nitrogen and oxygen atoms in total. The number of benzene rings is 1. The van der Waals surface area contributed by atoms with Gasteiger partial charge in [-0.05, 0) is 43.4 Å². The van der Waals surface area contributed by atoms with E-state index in [9.17, 15) is 4.79 Å². The lowest BCUT2D eigenvalue weighted by Crippen LogP contribution is -2.29. The molecule has 0 saturated carbocycles. The van der Waals surface area contributed by atoms with Crippen LogP contribution in [0.25, 0.3) is 0 Å². The molecule has 0 aliphatic rings. The number of likely N-dealkylation sites (N-methyl/N-ethyl adjacent to an activating group) is 1. The molecular weight excluding hydrogens is 306 g/mol. The van der Waals surface area contributed by atoms with E-state index in [0.717, 1.165) is 9.21 Å². The van der Waals surface area contributed by atoms with Gasteiger partial charge in [0.1, 0.15) is 0 Å². The molecule has 0 aliphatic carbocycles. The summed E-state index contributed by atoms with van der Waals surface area (Å²) in [5.41, 5.74) is 1.26. The Bertz CT molecular complexity index is 660. The second-order valence-electron chi connectivity index (χ2n) is 4.62. The number of carbonyl (C=O) groups excluding carboxylic acids is 1. The lowest BCUT2D eigenvalue weighted by molar-refractivity contribution is -0.117. The second kappa shape index (κ2) is 7.23. The van der Waals surface area contributed by atoms with E-state index < -0.39 is 0 Å². The minimum absolute atomic E-state index is 0.0927. The Balaban J connectivity index is 1.84. The monoisotopic (exact) mass is 319 g/mol. The number of hydrogen-bond donors (Lipinski definition) is 1. The van der Waals surface area contributed by atoms with Gasteiger partial charge in [0.2, 0.25) is 5.91 Å². The van der Waals surface area contributed by atoms with E-state index in [1.165, 1.54) is 11.3 Å². The van der Waals surface area contributed by atoms with Crippen LogP contribution in [-0.4, -0.2) is 24.4 Å². The van der Waals surface area contributed by atoms with Gasteiger partial charge >= 0.3 is 0 Å². The average Bonchev–Trinajstić information content (AvgIpc) is 2.84. The van der Waals surface area contributed by atoms with Gasteiger partial charge in [-0.25, -0.2) is 0 Å². The van der Waals surface area contributed by atoms with Crippen LogP contribution in [0.3, 0.4) is 0 Å². The summed E-state index contributed by atoms with van der Waals surface area (Å²) < 4.78 is 0.750. The quantitative estimate of drug-likeness (QED) is 0.919. The van der Waals surface area contributed by atoms with Crippen molar-refractivity contribution in [2.45, 2.75) is 6.54 Å². The standard InChI is InChI=1S/C15H14ClN3OS/c1-19(9-13-6-7-14(16)21-13)10-15(20)18-12-4-2-11(8-17)3-5-12/h2-7H,9-10H2,1H3,(H,18,20). The Morgan fingerprint density at radius 3 is 2.62 bits per heavy atom. The molecule has 0 bridgehead atoms. The van der Waals surface area contributed by atoms with Crippen LogP contribution >= 0.6 is 22.9 Å². The molecule has 0 saturated heterocycles. The summed E-state index contributed by atoms with van der Waals surface area (Å²) in [5.74, 6) is -0.0927. The van der Waals surface area contributed by atoms with Crippen LogP contribution in [0, 0.1) is 11.3 Å². The third-order valence-corrected chi connectivity index (χ3v) is 3.98. The molecule has 1 N–H and O–H groups in total. The minimum Gasteiger partial charge on any atom is -0.325 e. The molecule has 0 aliphatic heterocycles. The third kappa shape index (κ3) is 4.87. The van der Waals surface area contributed by atoms with Crippen molar-refractivity contribution in [3.63, 3.8) is 0 Å². The first-order chi connectivity index (χ1) is 10.1. The molecule has 0 fully saturated rings. The predicted molar refractivity (Wildman–Crippen MR) is 85.4 cm³/mol. The van der Waals surface area contributed by atoms with Crippen LogP contribution in [-0.2, 0) is 11.3 Å². The smallest absolute Gasteiger partial charge is 0.238 e. The van der Waals surface area contributed by atoms with Crippen molar-refractivity contribution in [2.75, 3.05) is 18.9 Å². The zero-order valence-corrected chi connectivity index (χ0v) is 13.0. The van der Waals surface area contributed by atoms with Crippen molar-refractivity contribution in [2.24, 2.45) is 0 Å². The topological polar surface area (TPSA) is 56.1 Å². The molecule has 1 amide bonds. The fraction of sp³-hybridized carbons (Fsp3) is 0.200. The number of anilines is 1. The highest BCUT2D eigenvalue weighted by Crippen LogP contribution is 2.22. The van der Waals surface area contributed by atoms with Crippen molar-refractivity contribution in [1.29, 1.82) is 5.26 Å².